The molecule has 1 heterocycles. The van der Waals surface area contributed by atoms with Gasteiger partial charge in [-0.05, 0) is 12.1 Å². The van der Waals surface area contributed by atoms with Crippen LogP contribution in [0.4, 0.5) is 0 Å². The Morgan fingerprint density at radius 1 is 0.706 bits per heavy atom. The number of hydrogen-bond donors (Lipinski definition) is 0. The Labute approximate surface area is 99.6 Å². The molecule has 2 aromatic carbocycles. The predicted octanol–water partition coefficient (Wildman–Crippen LogP) is 4.01. The normalized spacial score (nSPS) is 10.4. The maximum atomic E-state index is 5.74. The molecule has 2 nitrogen and oxygen atoms in total. The predicted molar refractivity (Wildman–Crippen MR) is 67.4 cm³/mol. The van der Waals surface area contributed by atoms with Gasteiger partial charge in [0.1, 0.15) is 0 Å². The Kier molecular flexibility index (Phi) is 2.47. The van der Waals surface area contributed by atoms with E-state index < -0.39 is 0 Å². The van der Waals surface area contributed by atoms with Crippen molar-refractivity contribution < 1.29 is 4.42 Å². The summed E-state index contributed by atoms with van der Waals surface area (Å²) in [5.41, 5.74) is 2.04. The van der Waals surface area contributed by atoms with Crippen LogP contribution in [0.5, 0.6) is 0 Å². The molecule has 1 aromatic heterocycles. The number of rotatable bonds is 2. The van der Waals surface area contributed by atoms with E-state index in [1.165, 1.54) is 0 Å². The van der Waals surface area contributed by atoms with Gasteiger partial charge in [0.05, 0.1) is 6.20 Å². The fourth-order valence-corrected chi connectivity index (χ4v) is 1.72. The van der Waals surface area contributed by atoms with E-state index in [0.717, 1.165) is 16.9 Å². The van der Waals surface area contributed by atoms with E-state index in [1.807, 2.05) is 60.7 Å². The Hall–Kier alpha value is -2.35. The minimum atomic E-state index is 0.657. The number of oxazole rings is 1. The second-order valence-corrected chi connectivity index (χ2v) is 3.76. The van der Waals surface area contributed by atoms with Gasteiger partial charge in [-0.2, -0.15) is 0 Å². The van der Waals surface area contributed by atoms with Crippen molar-refractivity contribution in [2.24, 2.45) is 0 Å². The van der Waals surface area contributed by atoms with E-state index in [1.54, 1.807) is 6.20 Å². The van der Waals surface area contributed by atoms with Gasteiger partial charge in [-0.25, -0.2) is 4.98 Å². The molecule has 0 spiro atoms. The van der Waals surface area contributed by atoms with E-state index in [0.29, 0.717) is 5.89 Å². The zero-order chi connectivity index (χ0) is 11.5. The molecule has 3 rings (SSSR count). The first-order valence-corrected chi connectivity index (χ1v) is 5.50. The largest absolute Gasteiger partial charge is 0.436 e. The minimum absolute atomic E-state index is 0.657. The molecule has 0 bridgehead atoms. The van der Waals surface area contributed by atoms with Crippen molar-refractivity contribution in [1.29, 1.82) is 0 Å². The van der Waals surface area contributed by atoms with Gasteiger partial charge in [0.25, 0.3) is 0 Å². The first kappa shape index (κ1) is 9.85. The molecule has 3 aromatic rings. The number of benzene rings is 2. The summed E-state index contributed by atoms with van der Waals surface area (Å²) < 4.78 is 5.74. The van der Waals surface area contributed by atoms with Gasteiger partial charge >= 0.3 is 0 Å². The Morgan fingerprint density at radius 2 is 1.29 bits per heavy atom. The van der Waals surface area contributed by atoms with Gasteiger partial charge in [0, 0.05) is 11.1 Å². The molecular weight excluding hydrogens is 211 g/mol. The van der Waals surface area contributed by atoms with Gasteiger partial charge < -0.3 is 4.42 Å². The Morgan fingerprint density at radius 3 is 1.94 bits per heavy atom. The third-order valence-corrected chi connectivity index (χ3v) is 2.58. The second kappa shape index (κ2) is 4.26. The monoisotopic (exact) mass is 222 g/mol. The molecule has 82 valence electrons. The smallest absolute Gasteiger partial charge is 0.226 e. The zero-order valence-electron chi connectivity index (χ0n) is 9.21. The molecule has 0 atom stereocenters. The van der Waals surface area contributed by atoms with Crippen LogP contribution >= 0.6 is 0 Å². The highest BCUT2D eigenvalue weighted by molar-refractivity contribution is 5.60. The van der Waals surface area contributed by atoms with Crippen molar-refractivity contribution in [2.75, 3.05) is 0 Å². The molecule has 0 aliphatic rings. The Balaban J connectivity index is 1.99. The lowest BCUT2D eigenvalue weighted by Gasteiger charge is -1.95. The fraction of sp³-hybridized carbons (Fsp3) is 0. The van der Waals surface area contributed by atoms with E-state index in [9.17, 15) is 0 Å². The summed E-state index contributed by atoms with van der Waals surface area (Å²) in [7, 11) is 0. The van der Waals surface area contributed by atoms with Crippen LogP contribution in [-0.2, 0) is 0 Å². The van der Waals surface area contributed by atoms with Crippen molar-refractivity contribution >= 4 is 0 Å². The fourth-order valence-electron chi connectivity index (χ4n) is 1.72. The summed E-state index contributed by atoms with van der Waals surface area (Å²) in [6, 6.07) is 19.9. The molecule has 0 aliphatic carbocycles. The topological polar surface area (TPSA) is 26.0 Å². The zero-order valence-corrected chi connectivity index (χ0v) is 9.21. The SMILES string of the molecule is c1ccc(-c2nc[13c](-c3ccccc3)o2)cc1. The maximum absolute atomic E-state index is 5.74. The number of aromatic nitrogens is 1. The van der Waals surface area contributed by atoms with E-state index >= 15 is 0 Å². The molecule has 0 N–H and O–H groups in total. The van der Waals surface area contributed by atoms with Crippen LogP contribution in [0.1, 0.15) is 0 Å². The summed E-state index contributed by atoms with van der Waals surface area (Å²) in [6.07, 6.45) is 1.76. The van der Waals surface area contributed by atoms with E-state index in [-0.39, 0.29) is 0 Å². The van der Waals surface area contributed by atoms with Crippen LogP contribution in [0, 0.1) is 0 Å². The van der Waals surface area contributed by atoms with Crippen LogP contribution in [0.3, 0.4) is 0 Å². The van der Waals surface area contributed by atoms with Gasteiger partial charge in [0.15, 0.2) is 5.76 Å². The summed E-state index contributed by atoms with van der Waals surface area (Å²) >= 11 is 0. The molecule has 0 amide bonds. The van der Waals surface area contributed by atoms with Gasteiger partial charge in [-0.3, -0.25) is 0 Å². The highest BCUT2D eigenvalue weighted by Crippen LogP contribution is 2.25. The van der Waals surface area contributed by atoms with Crippen LogP contribution in [0.2, 0.25) is 0 Å². The van der Waals surface area contributed by atoms with Crippen LogP contribution in [0.25, 0.3) is 22.8 Å². The summed E-state index contributed by atoms with van der Waals surface area (Å²) in [4.78, 5) is 4.30. The van der Waals surface area contributed by atoms with Gasteiger partial charge in [-0.1, -0.05) is 48.5 Å². The molecule has 0 radical (unpaired) electrons. The molecular formula is C15H11NO. The van der Waals surface area contributed by atoms with Crippen molar-refractivity contribution in [3.63, 3.8) is 0 Å². The molecule has 17 heavy (non-hydrogen) atoms. The first-order chi connectivity index (χ1) is 8.43. The van der Waals surface area contributed by atoms with Crippen LogP contribution < -0.4 is 0 Å². The molecule has 0 aliphatic heterocycles. The van der Waals surface area contributed by atoms with E-state index in [2.05, 4.69) is 4.98 Å². The summed E-state index contributed by atoms with van der Waals surface area (Å²) in [6.45, 7) is 0. The van der Waals surface area contributed by atoms with Crippen LogP contribution in [-0.4, -0.2) is 4.98 Å². The third kappa shape index (κ3) is 1.97. The third-order valence-electron chi connectivity index (χ3n) is 2.58. The lowest BCUT2D eigenvalue weighted by atomic mass is 10.2. The lowest BCUT2D eigenvalue weighted by Crippen LogP contribution is -1.73. The van der Waals surface area contributed by atoms with Crippen molar-refractivity contribution in [2.45, 2.75) is 0 Å². The molecule has 2 heteroatoms. The van der Waals surface area contributed by atoms with Crippen LogP contribution in [0.15, 0.2) is 71.3 Å². The number of hydrogen-bond acceptors (Lipinski definition) is 2. The minimum Gasteiger partial charge on any atom is -0.436 e. The van der Waals surface area contributed by atoms with Crippen molar-refractivity contribution in [3.05, 3.63) is 66.9 Å². The van der Waals surface area contributed by atoms with Crippen molar-refractivity contribution in [1.82, 2.24) is 4.98 Å². The molecule has 0 saturated heterocycles. The lowest BCUT2D eigenvalue weighted by molar-refractivity contribution is 0.589. The average Bonchev–Trinajstić information content (AvgIpc) is 2.90. The van der Waals surface area contributed by atoms with Gasteiger partial charge in [0.2, 0.25) is 5.89 Å². The quantitative estimate of drug-likeness (QED) is 0.654. The summed E-state index contributed by atoms with van der Waals surface area (Å²) in [5, 5.41) is 0. The van der Waals surface area contributed by atoms with Gasteiger partial charge in [-0.15, -0.1) is 0 Å². The molecule has 0 saturated carbocycles. The second-order valence-electron chi connectivity index (χ2n) is 3.76. The molecule has 0 fully saturated rings. The maximum Gasteiger partial charge on any atom is 0.226 e. The van der Waals surface area contributed by atoms with E-state index in [4.69, 9.17) is 4.42 Å². The first-order valence-electron chi connectivity index (χ1n) is 5.50. The Bertz CT molecular complexity index is 545. The standard InChI is InChI=1S/C15H11NO/c1-3-7-12(8-4-1)14-11-16-15(17-14)13-9-5-2-6-10-13/h1-11H/i14+1. The highest BCUT2D eigenvalue weighted by atomic mass is 16.4. The number of nitrogens with zero attached hydrogens (tertiary/aromatic N) is 1. The average molecular weight is 222 g/mol. The highest BCUT2D eigenvalue weighted by Gasteiger charge is 2.06. The summed E-state index contributed by atoms with van der Waals surface area (Å²) in [5.74, 6) is 1.45. The molecule has 0 unspecified atom stereocenters. The van der Waals surface area contributed by atoms with Crippen molar-refractivity contribution in [3.8, 4) is 22.8 Å².